The second kappa shape index (κ2) is 5.26. The number of likely N-dealkylation sites (tertiary alicyclic amines) is 1. The highest BCUT2D eigenvalue weighted by molar-refractivity contribution is 5.94. The van der Waals surface area contributed by atoms with Crippen LogP contribution in [0.5, 0.6) is 0 Å². The molecule has 0 saturated carbocycles. The second-order valence-corrected chi connectivity index (χ2v) is 6.24. The largest absolute Gasteiger partial charge is 0.481 e. The molecule has 1 aliphatic rings. The van der Waals surface area contributed by atoms with Gasteiger partial charge in [-0.1, -0.05) is 0 Å². The van der Waals surface area contributed by atoms with Crippen LogP contribution in [0.4, 0.5) is 0 Å². The van der Waals surface area contributed by atoms with E-state index in [1.807, 2.05) is 20.8 Å². The molecule has 2 heterocycles. The third kappa shape index (κ3) is 3.00. The SMILES string of the molecule is CC(C)(C)n1cc(C(=O)N2CCCC2CC(=O)O)cn1. The first-order valence-corrected chi connectivity index (χ1v) is 6.87. The predicted octanol–water partition coefficient (Wildman–Crippen LogP) is 1.72. The van der Waals surface area contributed by atoms with Gasteiger partial charge in [0.1, 0.15) is 0 Å². The molecular formula is C14H21N3O3. The zero-order valence-electron chi connectivity index (χ0n) is 12.2. The van der Waals surface area contributed by atoms with Crippen LogP contribution in [0.1, 0.15) is 50.4 Å². The number of rotatable bonds is 3. The van der Waals surface area contributed by atoms with Gasteiger partial charge in [0.15, 0.2) is 0 Å². The van der Waals surface area contributed by atoms with E-state index < -0.39 is 5.97 Å². The fourth-order valence-corrected chi connectivity index (χ4v) is 2.48. The lowest BCUT2D eigenvalue weighted by atomic mass is 10.1. The Balaban J connectivity index is 2.14. The monoisotopic (exact) mass is 279 g/mol. The Morgan fingerprint density at radius 2 is 2.15 bits per heavy atom. The summed E-state index contributed by atoms with van der Waals surface area (Å²) >= 11 is 0. The number of carboxylic acids is 1. The van der Waals surface area contributed by atoms with E-state index >= 15 is 0 Å². The Hall–Kier alpha value is -1.85. The normalized spacial score (nSPS) is 19.4. The van der Waals surface area contributed by atoms with Gasteiger partial charge in [-0.3, -0.25) is 14.3 Å². The maximum atomic E-state index is 12.5. The second-order valence-electron chi connectivity index (χ2n) is 6.24. The van der Waals surface area contributed by atoms with Crippen LogP contribution in [0, 0.1) is 0 Å². The average Bonchev–Trinajstić information content (AvgIpc) is 2.94. The summed E-state index contributed by atoms with van der Waals surface area (Å²) < 4.78 is 1.75. The van der Waals surface area contributed by atoms with Gasteiger partial charge in [-0.2, -0.15) is 5.10 Å². The van der Waals surface area contributed by atoms with E-state index in [-0.39, 0.29) is 23.9 Å². The Morgan fingerprint density at radius 1 is 1.45 bits per heavy atom. The van der Waals surface area contributed by atoms with Crippen molar-refractivity contribution in [1.82, 2.24) is 14.7 Å². The highest BCUT2D eigenvalue weighted by Gasteiger charge is 2.31. The van der Waals surface area contributed by atoms with Crippen molar-refractivity contribution in [3.63, 3.8) is 0 Å². The summed E-state index contributed by atoms with van der Waals surface area (Å²) in [5, 5.41) is 13.1. The van der Waals surface area contributed by atoms with Gasteiger partial charge in [-0.05, 0) is 33.6 Å². The summed E-state index contributed by atoms with van der Waals surface area (Å²) in [6.07, 6.45) is 4.92. The minimum Gasteiger partial charge on any atom is -0.481 e. The molecule has 0 bridgehead atoms. The van der Waals surface area contributed by atoms with Crippen molar-refractivity contribution in [2.75, 3.05) is 6.54 Å². The summed E-state index contributed by atoms with van der Waals surface area (Å²) in [5.41, 5.74) is 0.349. The van der Waals surface area contributed by atoms with Crippen molar-refractivity contribution in [3.05, 3.63) is 18.0 Å². The van der Waals surface area contributed by atoms with E-state index in [2.05, 4.69) is 5.10 Å². The van der Waals surface area contributed by atoms with E-state index in [0.717, 1.165) is 12.8 Å². The van der Waals surface area contributed by atoms with Crippen LogP contribution >= 0.6 is 0 Å². The molecule has 6 heteroatoms. The molecule has 6 nitrogen and oxygen atoms in total. The molecule has 1 N–H and O–H groups in total. The van der Waals surface area contributed by atoms with Gasteiger partial charge in [-0.25, -0.2) is 0 Å². The van der Waals surface area contributed by atoms with Crippen LogP contribution in [0.25, 0.3) is 0 Å². The molecule has 0 aromatic carbocycles. The zero-order chi connectivity index (χ0) is 14.9. The number of hydrogen-bond donors (Lipinski definition) is 1. The summed E-state index contributed by atoms with van der Waals surface area (Å²) in [6.45, 7) is 6.66. The van der Waals surface area contributed by atoms with E-state index in [4.69, 9.17) is 5.11 Å². The molecule has 110 valence electrons. The van der Waals surface area contributed by atoms with Crippen molar-refractivity contribution in [2.45, 2.75) is 51.6 Å². The van der Waals surface area contributed by atoms with Gasteiger partial charge >= 0.3 is 5.97 Å². The van der Waals surface area contributed by atoms with Crippen molar-refractivity contribution in [1.29, 1.82) is 0 Å². The van der Waals surface area contributed by atoms with Crippen molar-refractivity contribution in [3.8, 4) is 0 Å². The van der Waals surface area contributed by atoms with Gasteiger partial charge in [0.25, 0.3) is 5.91 Å². The summed E-state index contributed by atoms with van der Waals surface area (Å²) in [4.78, 5) is 25.0. The minimum atomic E-state index is -0.861. The van der Waals surface area contributed by atoms with Crippen molar-refractivity contribution >= 4 is 11.9 Å². The average molecular weight is 279 g/mol. The minimum absolute atomic E-state index is 0.0130. The highest BCUT2D eigenvalue weighted by Crippen LogP contribution is 2.23. The topological polar surface area (TPSA) is 75.4 Å². The molecule has 1 aromatic rings. The van der Waals surface area contributed by atoms with Crippen LogP contribution in [-0.2, 0) is 10.3 Å². The fourth-order valence-electron chi connectivity index (χ4n) is 2.48. The Kier molecular flexibility index (Phi) is 3.83. The molecule has 1 aliphatic heterocycles. The molecule has 2 rings (SSSR count). The van der Waals surface area contributed by atoms with E-state index in [1.54, 1.807) is 22.0 Å². The van der Waals surface area contributed by atoms with Gasteiger partial charge in [0.2, 0.25) is 0 Å². The number of aliphatic carboxylic acids is 1. The number of amides is 1. The molecule has 0 radical (unpaired) electrons. The third-order valence-electron chi connectivity index (χ3n) is 3.57. The van der Waals surface area contributed by atoms with Crippen LogP contribution in [0.15, 0.2) is 12.4 Å². The third-order valence-corrected chi connectivity index (χ3v) is 3.57. The van der Waals surface area contributed by atoms with E-state index in [0.29, 0.717) is 12.1 Å². The number of aromatic nitrogens is 2. The van der Waals surface area contributed by atoms with Crippen LogP contribution in [0.3, 0.4) is 0 Å². The van der Waals surface area contributed by atoms with Gasteiger partial charge in [0.05, 0.1) is 23.7 Å². The molecular weight excluding hydrogens is 258 g/mol. The number of nitrogens with zero attached hydrogens (tertiary/aromatic N) is 3. The van der Waals surface area contributed by atoms with E-state index in [1.165, 1.54) is 0 Å². The van der Waals surface area contributed by atoms with Crippen LogP contribution in [0.2, 0.25) is 0 Å². The molecule has 1 fully saturated rings. The maximum absolute atomic E-state index is 12.5. The zero-order valence-corrected chi connectivity index (χ0v) is 12.2. The number of carbonyl (C=O) groups excluding carboxylic acids is 1. The number of carbonyl (C=O) groups is 2. The van der Waals surface area contributed by atoms with Crippen molar-refractivity contribution in [2.24, 2.45) is 0 Å². The first-order chi connectivity index (χ1) is 9.29. The fraction of sp³-hybridized carbons (Fsp3) is 0.643. The smallest absolute Gasteiger partial charge is 0.305 e. The molecule has 1 aromatic heterocycles. The molecule has 1 unspecified atom stereocenters. The Morgan fingerprint density at radius 3 is 2.70 bits per heavy atom. The first kappa shape index (κ1) is 14.6. The maximum Gasteiger partial charge on any atom is 0.305 e. The standard InChI is InChI=1S/C14H21N3O3/c1-14(2,3)17-9-10(8-15-17)13(20)16-6-4-5-11(16)7-12(18)19/h8-9,11H,4-7H2,1-3H3,(H,18,19). The molecule has 0 spiro atoms. The van der Waals surface area contributed by atoms with E-state index in [9.17, 15) is 9.59 Å². The number of carboxylic acid groups (broad SMARTS) is 1. The molecule has 0 aliphatic carbocycles. The lowest BCUT2D eigenvalue weighted by molar-refractivity contribution is -0.137. The molecule has 1 saturated heterocycles. The quantitative estimate of drug-likeness (QED) is 0.914. The predicted molar refractivity (Wildman–Crippen MR) is 73.5 cm³/mol. The summed E-state index contributed by atoms with van der Waals surface area (Å²) in [6, 6.07) is -0.196. The molecule has 1 amide bonds. The lowest BCUT2D eigenvalue weighted by Crippen LogP contribution is -2.36. The molecule has 1 atom stereocenters. The lowest BCUT2D eigenvalue weighted by Gasteiger charge is -2.23. The van der Waals surface area contributed by atoms with Crippen LogP contribution < -0.4 is 0 Å². The van der Waals surface area contributed by atoms with Crippen LogP contribution in [-0.4, -0.2) is 44.3 Å². The van der Waals surface area contributed by atoms with Gasteiger partial charge in [0, 0.05) is 18.8 Å². The number of hydrogen-bond acceptors (Lipinski definition) is 3. The van der Waals surface area contributed by atoms with Gasteiger partial charge in [-0.15, -0.1) is 0 Å². The summed E-state index contributed by atoms with van der Waals surface area (Å²) in [7, 11) is 0. The molecule has 20 heavy (non-hydrogen) atoms. The first-order valence-electron chi connectivity index (χ1n) is 6.87. The van der Waals surface area contributed by atoms with Gasteiger partial charge < -0.3 is 10.0 Å². The Labute approximate surface area is 118 Å². The highest BCUT2D eigenvalue weighted by atomic mass is 16.4. The summed E-state index contributed by atoms with van der Waals surface area (Å²) in [5.74, 6) is -0.982. The Bertz CT molecular complexity index is 516. The van der Waals surface area contributed by atoms with Crippen molar-refractivity contribution < 1.29 is 14.7 Å².